The van der Waals surface area contributed by atoms with Crippen LogP contribution in [0.25, 0.3) is 0 Å². The number of carbonyl (C=O) groups is 2. The van der Waals surface area contributed by atoms with Crippen molar-refractivity contribution >= 4 is 11.6 Å². The van der Waals surface area contributed by atoms with Gasteiger partial charge in [0, 0.05) is 24.3 Å². The van der Waals surface area contributed by atoms with Crippen LogP contribution in [0.1, 0.15) is 68.3 Å². The second-order valence-corrected chi connectivity index (χ2v) is 9.98. The van der Waals surface area contributed by atoms with Gasteiger partial charge in [-0.1, -0.05) is 32.4 Å². The van der Waals surface area contributed by atoms with Crippen molar-refractivity contribution in [3.8, 4) is 5.75 Å². The summed E-state index contributed by atoms with van der Waals surface area (Å²) < 4.78 is 0.174. The molecule has 2 fully saturated rings. The Morgan fingerprint density at radius 3 is 2.59 bits per heavy atom. The Hall–Kier alpha value is -2.45. The predicted molar refractivity (Wildman–Crippen MR) is 114 cm³/mol. The van der Waals surface area contributed by atoms with E-state index < -0.39 is 40.3 Å². The standard InChI is InChI=1S/C24H31NO7/c1-12-3-6-16-14(9-12)5-4-13(2)19(16)22(29)20-21(28)17(11-25(32)23(20)30)24(31)8-7-15(26)10-18(24)27/h4-5,11-14,16,18-19,27-28,31-32H,3,6-10H2,1-2H3/t12-,13-,14-,16-,18?,19-,24?/m1/s1. The molecule has 4 N–H and O–H groups in total. The van der Waals surface area contributed by atoms with Gasteiger partial charge in [-0.15, -0.1) is 0 Å². The van der Waals surface area contributed by atoms with E-state index in [4.69, 9.17) is 0 Å². The molecule has 2 unspecified atom stereocenters. The lowest BCUT2D eigenvalue weighted by Gasteiger charge is -2.42. The molecule has 0 amide bonds. The lowest BCUT2D eigenvalue weighted by Crippen LogP contribution is -2.46. The number of nitrogens with zero attached hydrogens (tertiary/aromatic N) is 1. The molecule has 0 saturated heterocycles. The van der Waals surface area contributed by atoms with Crippen LogP contribution in [-0.4, -0.2) is 42.9 Å². The van der Waals surface area contributed by atoms with Gasteiger partial charge in [0.15, 0.2) is 5.78 Å². The van der Waals surface area contributed by atoms with Crippen LogP contribution in [0.5, 0.6) is 5.75 Å². The summed E-state index contributed by atoms with van der Waals surface area (Å²) in [5, 5.41) is 42.7. The van der Waals surface area contributed by atoms with E-state index in [9.17, 15) is 34.9 Å². The summed E-state index contributed by atoms with van der Waals surface area (Å²) in [6, 6.07) is 0. The summed E-state index contributed by atoms with van der Waals surface area (Å²) in [4.78, 5) is 38.2. The van der Waals surface area contributed by atoms with E-state index in [-0.39, 0.29) is 53.1 Å². The van der Waals surface area contributed by atoms with Crippen molar-refractivity contribution in [2.24, 2.45) is 29.6 Å². The fourth-order valence-corrected chi connectivity index (χ4v) is 5.97. The average molecular weight is 446 g/mol. The maximum atomic E-state index is 13.7. The highest BCUT2D eigenvalue weighted by molar-refractivity contribution is 6.01. The molecule has 7 atom stereocenters. The molecule has 8 heteroatoms. The molecule has 1 aromatic rings. The summed E-state index contributed by atoms with van der Waals surface area (Å²) >= 11 is 0. The van der Waals surface area contributed by atoms with Crippen molar-refractivity contribution in [3.05, 3.63) is 39.8 Å². The van der Waals surface area contributed by atoms with Gasteiger partial charge in [0.2, 0.25) is 0 Å². The molecule has 0 aliphatic heterocycles. The number of aliphatic hydroxyl groups excluding tert-OH is 1. The van der Waals surface area contributed by atoms with E-state index >= 15 is 0 Å². The molecule has 0 bridgehead atoms. The first-order valence-electron chi connectivity index (χ1n) is 11.4. The highest BCUT2D eigenvalue weighted by Gasteiger charge is 2.47. The number of aromatic nitrogens is 1. The molecule has 174 valence electrons. The van der Waals surface area contributed by atoms with Crippen molar-refractivity contribution in [2.45, 2.75) is 64.1 Å². The average Bonchev–Trinajstić information content (AvgIpc) is 2.73. The lowest BCUT2D eigenvalue weighted by molar-refractivity contribution is -0.143. The van der Waals surface area contributed by atoms with Gasteiger partial charge < -0.3 is 20.5 Å². The maximum Gasteiger partial charge on any atom is 0.297 e. The molecule has 2 saturated carbocycles. The molecule has 32 heavy (non-hydrogen) atoms. The van der Waals surface area contributed by atoms with E-state index in [1.54, 1.807) is 0 Å². The maximum absolute atomic E-state index is 13.7. The number of hydrogen-bond acceptors (Lipinski definition) is 7. The van der Waals surface area contributed by atoms with Crippen molar-refractivity contribution in [1.82, 2.24) is 4.73 Å². The number of aromatic hydroxyl groups is 1. The third kappa shape index (κ3) is 3.59. The Kier molecular flexibility index (Phi) is 5.79. The zero-order valence-electron chi connectivity index (χ0n) is 18.4. The molecule has 0 radical (unpaired) electrons. The van der Waals surface area contributed by atoms with E-state index in [1.165, 1.54) is 0 Å². The fourth-order valence-electron chi connectivity index (χ4n) is 5.97. The zero-order chi connectivity index (χ0) is 23.4. The normalized spacial score (nSPS) is 37.2. The zero-order valence-corrected chi connectivity index (χ0v) is 18.4. The fraction of sp³-hybridized carbons (Fsp3) is 0.625. The smallest absolute Gasteiger partial charge is 0.297 e. The lowest BCUT2D eigenvalue weighted by atomic mass is 9.61. The first-order chi connectivity index (χ1) is 15.0. The molecule has 4 rings (SSSR count). The van der Waals surface area contributed by atoms with Crippen LogP contribution in [0.15, 0.2) is 23.1 Å². The van der Waals surface area contributed by atoms with Crippen molar-refractivity contribution < 1.29 is 30.1 Å². The van der Waals surface area contributed by atoms with Crippen molar-refractivity contribution in [1.29, 1.82) is 0 Å². The number of Topliss-reactive ketones (excluding diaryl/α,β-unsaturated/α-hetero) is 2. The minimum absolute atomic E-state index is 0.0225. The molecule has 3 aliphatic rings. The molecular formula is C24H31NO7. The number of aliphatic hydroxyl groups is 2. The predicted octanol–water partition coefficient (Wildman–Crippen LogP) is 2.15. The van der Waals surface area contributed by atoms with Gasteiger partial charge in [-0.25, -0.2) is 0 Å². The SMILES string of the molecule is C[C@@H]1CC[C@H]2[C@H](C(=O)c3c(O)c(C4(O)CCC(=O)CC4O)cn(O)c3=O)[C@H](C)C=C[C@@H]2C1. The van der Waals surface area contributed by atoms with Gasteiger partial charge in [0.1, 0.15) is 22.7 Å². The van der Waals surface area contributed by atoms with E-state index in [2.05, 4.69) is 13.0 Å². The molecule has 3 aliphatic carbocycles. The summed E-state index contributed by atoms with van der Waals surface area (Å²) in [5.74, 6) is -1.47. The minimum atomic E-state index is -2.06. The van der Waals surface area contributed by atoms with Crippen LogP contribution in [-0.2, 0) is 10.4 Å². The third-order valence-electron chi connectivity index (χ3n) is 7.84. The Morgan fingerprint density at radius 2 is 1.91 bits per heavy atom. The molecule has 1 aromatic heterocycles. The van der Waals surface area contributed by atoms with Crippen LogP contribution in [0, 0.1) is 29.6 Å². The Bertz CT molecular complexity index is 1030. The summed E-state index contributed by atoms with van der Waals surface area (Å²) in [6.45, 7) is 4.08. The van der Waals surface area contributed by atoms with Gasteiger partial charge in [0.05, 0.1) is 12.3 Å². The van der Waals surface area contributed by atoms with Crippen LogP contribution < -0.4 is 5.56 Å². The molecular weight excluding hydrogens is 414 g/mol. The first-order valence-corrected chi connectivity index (χ1v) is 11.4. The molecule has 0 spiro atoms. The van der Waals surface area contributed by atoms with E-state index in [1.807, 2.05) is 13.0 Å². The van der Waals surface area contributed by atoms with Gasteiger partial charge in [-0.05, 0) is 42.9 Å². The topological polar surface area (TPSA) is 137 Å². The minimum Gasteiger partial charge on any atom is -0.507 e. The van der Waals surface area contributed by atoms with Crippen LogP contribution in [0.2, 0.25) is 0 Å². The van der Waals surface area contributed by atoms with E-state index in [0.29, 0.717) is 5.92 Å². The van der Waals surface area contributed by atoms with Crippen LogP contribution in [0.3, 0.4) is 0 Å². The highest BCUT2D eigenvalue weighted by atomic mass is 16.5. The number of fused-ring (bicyclic) bond motifs is 1. The second kappa shape index (κ2) is 8.15. The Balaban J connectivity index is 1.79. The first kappa shape index (κ1) is 22.7. The summed E-state index contributed by atoms with van der Waals surface area (Å²) in [5.41, 5.74) is -4.03. The third-order valence-corrected chi connectivity index (χ3v) is 7.84. The van der Waals surface area contributed by atoms with Crippen molar-refractivity contribution in [3.63, 3.8) is 0 Å². The number of ketones is 2. The number of pyridine rings is 1. The van der Waals surface area contributed by atoms with Crippen LogP contribution >= 0.6 is 0 Å². The number of hydrogen-bond donors (Lipinski definition) is 4. The Labute approximate surface area is 186 Å². The van der Waals surface area contributed by atoms with E-state index in [0.717, 1.165) is 25.5 Å². The van der Waals surface area contributed by atoms with Gasteiger partial charge in [-0.2, -0.15) is 4.73 Å². The van der Waals surface area contributed by atoms with Gasteiger partial charge >= 0.3 is 0 Å². The molecule has 1 heterocycles. The molecule has 8 nitrogen and oxygen atoms in total. The largest absolute Gasteiger partial charge is 0.507 e. The van der Waals surface area contributed by atoms with Gasteiger partial charge in [-0.3, -0.25) is 14.4 Å². The summed E-state index contributed by atoms with van der Waals surface area (Å²) in [6.07, 6.45) is 5.61. The van der Waals surface area contributed by atoms with Crippen LogP contribution in [0.4, 0.5) is 0 Å². The summed E-state index contributed by atoms with van der Waals surface area (Å²) in [7, 11) is 0. The highest BCUT2D eigenvalue weighted by Crippen LogP contribution is 2.47. The monoisotopic (exact) mass is 445 g/mol. The quantitative estimate of drug-likeness (QED) is 0.318. The number of allylic oxidation sites excluding steroid dienone is 2. The van der Waals surface area contributed by atoms with Gasteiger partial charge in [0.25, 0.3) is 5.56 Å². The Morgan fingerprint density at radius 1 is 1.19 bits per heavy atom. The van der Waals surface area contributed by atoms with Crippen molar-refractivity contribution in [2.75, 3.05) is 0 Å². The number of rotatable bonds is 3. The number of carbonyl (C=O) groups excluding carboxylic acids is 2. The second-order valence-electron chi connectivity index (χ2n) is 9.98. The molecule has 0 aromatic carbocycles.